The molecule has 4 atom stereocenters. The van der Waals surface area contributed by atoms with Crippen LogP contribution in [0.4, 0.5) is 8.78 Å². The Hall–Kier alpha value is -2.02. The van der Waals surface area contributed by atoms with Crippen molar-refractivity contribution in [3.8, 4) is 0 Å². The molecular weight excluding hydrogens is 308 g/mol. The van der Waals surface area contributed by atoms with E-state index in [1.54, 1.807) is 0 Å². The van der Waals surface area contributed by atoms with Gasteiger partial charge in [0, 0.05) is 6.61 Å². The average molecular weight is 325 g/mol. The number of carbonyl (C=O) groups is 2. The van der Waals surface area contributed by atoms with E-state index in [0.717, 1.165) is 12.1 Å². The molecule has 1 aromatic rings. The third-order valence-corrected chi connectivity index (χ3v) is 4.62. The van der Waals surface area contributed by atoms with E-state index in [9.17, 15) is 18.4 Å². The summed E-state index contributed by atoms with van der Waals surface area (Å²) in [7, 11) is 0. The predicted octanol–water partition coefficient (Wildman–Crippen LogP) is 2.02. The molecule has 2 fully saturated rings. The highest BCUT2D eigenvalue weighted by Gasteiger charge is 2.43. The molecule has 0 aromatic heterocycles. The first-order valence-electron chi connectivity index (χ1n) is 7.57. The predicted molar refractivity (Wildman–Crippen MR) is 75.4 cm³/mol. The second kappa shape index (κ2) is 6.23. The average Bonchev–Trinajstić information content (AvgIpc) is 2.88. The Morgan fingerprint density at radius 2 is 1.87 bits per heavy atom. The molecular formula is C16H17F2NO4. The maximum atomic E-state index is 13.4. The highest BCUT2D eigenvalue weighted by atomic mass is 19.2. The van der Waals surface area contributed by atoms with Crippen LogP contribution in [0.2, 0.25) is 0 Å². The minimum absolute atomic E-state index is 0.313. The van der Waals surface area contributed by atoms with Crippen molar-refractivity contribution in [1.29, 1.82) is 0 Å². The Morgan fingerprint density at radius 3 is 2.48 bits per heavy atom. The Morgan fingerprint density at radius 1 is 1.13 bits per heavy atom. The fraction of sp³-hybridized carbons (Fsp3) is 0.500. The number of aliphatic carboxylic acids is 1. The molecule has 1 aromatic carbocycles. The number of carbonyl (C=O) groups excluding carboxylic acids is 1. The first-order chi connectivity index (χ1) is 11.0. The Kier molecular flexibility index (Phi) is 4.30. The van der Waals surface area contributed by atoms with E-state index >= 15 is 0 Å². The first-order valence-corrected chi connectivity index (χ1v) is 7.57. The zero-order chi connectivity index (χ0) is 16.6. The molecule has 1 aliphatic carbocycles. The van der Waals surface area contributed by atoms with Gasteiger partial charge in [-0.25, -0.2) is 8.78 Å². The van der Waals surface area contributed by atoms with Gasteiger partial charge < -0.3 is 15.2 Å². The summed E-state index contributed by atoms with van der Waals surface area (Å²) in [6, 6.07) is 3.14. The van der Waals surface area contributed by atoms with Gasteiger partial charge >= 0.3 is 5.97 Å². The number of halogens is 2. The van der Waals surface area contributed by atoms with Gasteiger partial charge in [0.2, 0.25) is 5.91 Å². The SMILES string of the molecule is O=C(O)C1CCC1C(=O)NC1CCOC1c1ccc(F)c(F)c1. The normalized spacial score (nSPS) is 29.8. The van der Waals surface area contributed by atoms with Crippen molar-refractivity contribution in [2.45, 2.75) is 31.4 Å². The third-order valence-electron chi connectivity index (χ3n) is 4.62. The number of rotatable bonds is 4. The van der Waals surface area contributed by atoms with Crippen LogP contribution in [0.5, 0.6) is 0 Å². The van der Waals surface area contributed by atoms with Crippen molar-refractivity contribution in [3.05, 3.63) is 35.4 Å². The van der Waals surface area contributed by atoms with E-state index in [2.05, 4.69) is 5.32 Å². The summed E-state index contributed by atoms with van der Waals surface area (Å²) in [5, 5.41) is 11.8. The molecule has 23 heavy (non-hydrogen) atoms. The molecule has 1 saturated heterocycles. The maximum Gasteiger partial charge on any atom is 0.307 e. The Labute approximate surface area is 131 Å². The zero-order valence-corrected chi connectivity index (χ0v) is 12.3. The van der Waals surface area contributed by atoms with Gasteiger partial charge in [-0.05, 0) is 37.0 Å². The lowest BCUT2D eigenvalue weighted by Gasteiger charge is -2.33. The van der Waals surface area contributed by atoms with Gasteiger partial charge in [0.05, 0.1) is 17.9 Å². The lowest BCUT2D eigenvalue weighted by Crippen LogP contribution is -2.47. The molecule has 0 bridgehead atoms. The van der Waals surface area contributed by atoms with Crippen LogP contribution in [0.15, 0.2) is 18.2 Å². The van der Waals surface area contributed by atoms with Crippen molar-refractivity contribution in [2.24, 2.45) is 11.8 Å². The molecule has 2 N–H and O–H groups in total. The van der Waals surface area contributed by atoms with Crippen LogP contribution in [-0.4, -0.2) is 29.6 Å². The molecule has 5 nitrogen and oxygen atoms in total. The number of carboxylic acids is 1. The Bertz CT molecular complexity index is 637. The third kappa shape index (κ3) is 3.06. The number of hydrogen-bond acceptors (Lipinski definition) is 3. The molecule has 1 saturated carbocycles. The van der Waals surface area contributed by atoms with Crippen LogP contribution in [0.1, 0.15) is 30.9 Å². The smallest absolute Gasteiger partial charge is 0.307 e. The van der Waals surface area contributed by atoms with Crippen LogP contribution in [0, 0.1) is 23.5 Å². The highest BCUT2D eigenvalue weighted by molar-refractivity contribution is 5.86. The van der Waals surface area contributed by atoms with E-state index in [4.69, 9.17) is 9.84 Å². The molecule has 4 unspecified atom stereocenters. The molecule has 2 aliphatic rings. The summed E-state index contributed by atoms with van der Waals surface area (Å²) in [5.74, 6) is -4.35. The molecule has 7 heteroatoms. The molecule has 3 rings (SSSR count). The monoisotopic (exact) mass is 325 g/mol. The van der Waals surface area contributed by atoms with Crippen molar-refractivity contribution >= 4 is 11.9 Å². The van der Waals surface area contributed by atoms with Crippen LogP contribution < -0.4 is 5.32 Å². The van der Waals surface area contributed by atoms with Crippen molar-refractivity contribution < 1.29 is 28.2 Å². The van der Waals surface area contributed by atoms with Gasteiger partial charge in [0.15, 0.2) is 11.6 Å². The zero-order valence-electron chi connectivity index (χ0n) is 12.3. The standard InChI is InChI=1S/C16H17F2NO4/c17-11-4-1-8(7-12(11)18)14-13(5-6-23-14)19-15(20)9-2-3-10(9)16(21)22/h1,4,7,9-10,13-14H,2-3,5-6H2,(H,19,20)(H,21,22). The number of hydrogen-bond donors (Lipinski definition) is 2. The van der Waals surface area contributed by atoms with Crippen molar-refractivity contribution in [2.75, 3.05) is 6.61 Å². The van der Waals surface area contributed by atoms with E-state index < -0.39 is 35.5 Å². The van der Waals surface area contributed by atoms with Gasteiger partial charge in [0.25, 0.3) is 0 Å². The lowest BCUT2D eigenvalue weighted by atomic mass is 9.73. The van der Waals surface area contributed by atoms with Gasteiger partial charge in [0.1, 0.15) is 6.10 Å². The van der Waals surface area contributed by atoms with Gasteiger partial charge in [-0.3, -0.25) is 9.59 Å². The summed E-state index contributed by atoms with van der Waals surface area (Å²) in [4.78, 5) is 23.2. The quantitative estimate of drug-likeness (QED) is 0.888. The van der Waals surface area contributed by atoms with E-state index in [0.29, 0.717) is 31.4 Å². The number of nitrogens with one attached hydrogen (secondary N) is 1. The fourth-order valence-electron chi connectivity index (χ4n) is 3.15. The number of carboxylic acid groups (broad SMARTS) is 1. The number of amides is 1. The Balaban J connectivity index is 1.68. The van der Waals surface area contributed by atoms with Crippen LogP contribution in [0.25, 0.3) is 0 Å². The van der Waals surface area contributed by atoms with Gasteiger partial charge in [-0.2, -0.15) is 0 Å². The maximum absolute atomic E-state index is 13.4. The number of ether oxygens (including phenoxy) is 1. The van der Waals surface area contributed by atoms with Crippen LogP contribution in [0.3, 0.4) is 0 Å². The van der Waals surface area contributed by atoms with Crippen molar-refractivity contribution in [3.63, 3.8) is 0 Å². The van der Waals surface area contributed by atoms with E-state index in [1.165, 1.54) is 6.07 Å². The molecule has 124 valence electrons. The minimum atomic E-state index is -0.965. The molecule has 1 aliphatic heterocycles. The molecule has 1 amide bonds. The second-order valence-electron chi connectivity index (χ2n) is 6.00. The van der Waals surface area contributed by atoms with Crippen LogP contribution >= 0.6 is 0 Å². The molecule has 0 spiro atoms. The second-order valence-corrected chi connectivity index (χ2v) is 6.00. The van der Waals surface area contributed by atoms with Crippen LogP contribution in [-0.2, 0) is 14.3 Å². The lowest BCUT2D eigenvalue weighted by molar-refractivity contribution is -0.153. The first kappa shape index (κ1) is 15.9. The molecule has 1 heterocycles. The van der Waals surface area contributed by atoms with Crippen molar-refractivity contribution in [1.82, 2.24) is 5.32 Å². The summed E-state index contributed by atoms with van der Waals surface area (Å²) in [6.07, 6.45) is 1.03. The topological polar surface area (TPSA) is 75.6 Å². The summed E-state index contributed by atoms with van der Waals surface area (Å²) in [5.41, 5.74) is 0.454. The number of benzene rings is 1. The van der Waals surface area contributed by atoms with Gasteiger partial charge in [-0.1, -0.05) is 6.07 Å². The summed E-state index contributed by atoms with van der Waals surface area (Å²) < 4.78 is 31.9. The highest BCUT2D eigenvalue weighted by Crippen LogP contribution is 2.36. The van der Waals surface area contributed by atoms with Gasteiger partial charge in [-0.15, -0.1) is 0 Å². The summed E-state index contributed by atoms with van der Waals surface area (Å²) >= 11 is 0. The minimum Gasteiger partial charge on any atom is -0.481 e. The molecule has 0 radical (unpaired) electrons. The fourth-order valence-corrected chi connectivity index (χ4v) is 3.15. The summed E-state index contributed by atoms with van der Waals surface area (Å²) in [6.45, 7) is 0.391. The largest absolute Gasteiger partial charge is 0.481 e. The van der Waals surface area contributed by atoms with E-state index in [-0.39, 0.29) is 11.9 Å². The van der Waals surface area contributed by atoms with E-state index in [1.807, 2.05) is 0 Å².